The number of aromatic nitrogens is 4. The average molecular weight is 475 g/mol. The fraction of sp³-hybridized carbons (Fsp3) is 0.364. The summed E-state index contributed by atoms with van der Waals surface area (Å²) in [5.41, 5.74) is 1.90. The summed E-state index contributed by atoms with van der Waals surface area (Å²) in [5, 5.41) is 7.92. The van der Waals surface area contributed by atoms with Crippen LogP contribution in [0.3, 0.4) is 0 Å². The Morgan fingerprint density at radius 3 is 2.79 bits per heavy atom. The van der Waals surface area contributed by atoms with Crippen molar-refractivity contribution in [2.24, 2.45) is 0 Å². The van der Waals surface area contributed by atoms with Crippen molar-refractivity contribution in [3.05, 3.63) is 47.2 Å². The van der Waals surface area contributed by atoms with Crippen LogP contribution in [-0.4, -0.2) is 63.7 Å². The number of ether oxygens (including phenoxy) is 2. The highest BCUT2D eigenvalue weighted by atomic mass is 35.5. The van der Waals surface area contributed by atoms with Gasteiger partial charge in [0.25, 0.3) is 5.91 Å². The lowest BCUT2D eigenvalue weighted by Gasteiger charge is -2.27. The fourth-order valence-electron chi connectivity index (χ4n) is 3.38. The third-order valence-electron chi connectivity index (χ3n) is 5.10. The summed E-state index contributed by atoms with van der Waals surface area (Å²) < 4.78 is 25.2. The SMILES string of the molecule is CC(C)n1ccc(-c2nc(Nc3ccc(C(=O)N4CCOCC4)c(OCF)c3)ncc2Cl)n1. The molecule has 174 valence electrons. The average Bonchev–Trinajstić information content (AvgIpc) is 3.31. The third-order valence-corrected chi connectivity index (χ3v) is 5.38. The number of halogens is 2. The second-order valence-electron chi connectivity index (χ2n) is 7.66. The van der Waals surface area contributed by atoms with Crippen LogP contribution in [0.5, 0.6) is 5.75 Å². The highest BCUT2D eigenvalue weighted by Gasteiger charge is 2.22. The number of amides is 1. The molecule has 0 radical (unpaired) electrons. The largest absolute Gasteiger partial charge is 0.462 e. The van der Waals surface area contributed by atoms with Gasteiger partial charge in [-0.2, -0.15) is 5.10 Å². The normalized spacial score (nSPS) is 13.9. The van der Waals surface area contributed by atoms with Crippen molar-refractivity contribution in [2.75, 3.05) is 38.5 Å². The Labute approximate surface area is 195 Å². The first-order valence-electron chi connectivity index (χ1n) is 10.5. The van der Waals surface area contributed by atoms with Crippen molar-refractivity contribution >= 4 is 29.1 Å². The van der Waals surface area contributed by atoms with E-state index in [1.807, 2.05) is 30.8 Å². The van der Waals surface area contributed by atoms with E-state index in [1.165, 1.54) is 6.20 Å². The van der Waals surface area contributed by atoms with Crippen LogP contribution in [-0.2, 0) is 4.74 Å². The molecule has 0 spiro atoms. The maximum Gasteiger partial charge on any atom is 0.257 e. The quantitative estimate of drug-likeness (QED) is 0.551. The molecule has 2 aromatic heterocycles. The van der Waals surface area contributed by atoms with Gasteiger partial charge in [-0.3, -0.25) is 9.48 Å². The molecule has 0 atom stereocenters. The molecular formula is C22H24ClFN6O3. The van der Waals surface area contributed by atoms with Crippen molar-refractivity contribution in [3.8, 4) is 17.1 Å². The standard InChI is InChI=1S/C22H24ClFN6O3/c1-14(2)30-6-5-18(28-30)20-17(23)12-25-22(27-20)26-15-3-4-16(19(11-15)33-13-24)21(31)29-7-9-32-10-8-29/h3-6,11-12,14H,7-10,13H2,1-2H3,(H,25,26,27). The van der Waals surface area contributed by atoms with Gasteiger partial charge in [0.2, 0.25) is 12.8 Å². The molecule has 1 amide bonds. The zero-order valence-corrected chi connectivity index (χ0v) is 19.0. The molecule has 33 heavy (non-hydrogen) atoms. The van der Waals surface area contributed by atoms with Crippen molar-refractivity contribution in [1.82, 2.24) is 24.6 Å². The van der Waals surface area contributed by atoms with E-state index in [0.717, 1.165) is 0 Å². The molecule has 0 aliphatic carbocycles. The van der Waals surface area contributed by atoms with Crippen LogP contribution in [0.2, 0.25) is 5.02 Å². The van der Waals surface area contributed by atoms with Crippen molar-refractivity contribution in [3.63, 3.8) is 0 Å². The van der Waals surface area contributed by atoms with Crippen LogP contribution < -0.4 is 10.1 Å². The number of carbonyl (C=O) groups is 1. The van der Waals surface area contributed by atoms with Gasteiger partial charge in [-0.15, -0.1) is 0 Å². The topological polar surface area (TPSA) is 94.4 Å². The number of benzene rings is 1. The van der Waals surface area contributed by atoms with Gasteiger partial charge in [0, 0.05) is 37.1 Å². The van der Waals surface area contributed by atoms with Crippen molar-refractivity contribution < 1.29 is 18.7 Å². The maximum absolute atomic E-state index is 13.0. The maximum atomic E-state index is 13.0. The monoisotopic (exact) mass is 474 g/mol. The Bertz CT molecular complexity index is 1130. The summed E-state index contributed by atoms with van der Waals surface area (Å²) in [4.78, 5) is 23.2. The molecule has 4 rings (SSSR count). The van der Waals surface area contributed by atoms with Crippen molar-refractivity contribution in [2.45, 2.75) is 19.9 Å². The van der Waals surface area contributed by atoms with Crippen LogP contribution in [0.1, 0.15) is 30.2 Å². The molecule has 0 saturated carbocycles. The Morgan fingerprint density at radius 2 is 2.09 bits per heavy atom. The molecule has 1 aliphatic heterocycles. The molecule has 0 bridgehead atoms. The lowest BCUT2D eigenvalue weighted by atomic mass is 10.1. The summed E-state index contributed by atoms with van der Waals surface area (Å²) in [6.07, 6.45) is 3.34. The number of hydrogen-bond donors (Lipinski definition) is 1. The van der Waals surface area contributed by atoms with Gasteiger partial charge in [0.1, 0.15) is 17.1 Å². The first-order valence-corrected chi connectivity index (χ1v) is 10.9. The highest BCUT2D eigenvalue weighted by molar-refractivity contribution is 6.32. The van der Waals surface area contributed by atoms with Gasteiger partial charge in [0.05, 0.1) is 30.0 Å². The molecule has 1 aromatic carbocycles. The predicted octanol–water partition coefficient (Wildman–Crippen LogP) is 4.10. The molecule has 1 N–H and O–H groups in total. The molecule has 9 nitrogen and oxygen atoms in total. The predicted molar refractivity (Wildman–Crippen MR) is 122 cm³/mol. The van der Waals surface area contributed by atoms with E-state index in [9.17, 15) is 9.18 Å². The van der Waals surface area contributed by atoms with E-state index in [-0.39, 0.29) is 29.2 Å². The molecular weight excluding hydrogens is 451 g/mol. The number of hydrogen-bond acceptors (Lipinski definition) is 7. The fourth-order valence-corrected chi connectivity index (χ4v) is 3.57. The number of anilines is 2. The number of nitrogens with one attached hydrogen (secondary N) is 1. The van der Waals surface area contributed by atoms with Crippen LogP contribution in [0.25, 0.3) is 11.4 Å². The van der Waals surface area contributed by atoms with Crippen LogP contribution in [0.4, 0.5) is 16.0 Å². The number of morpholine rings is 1. The van der Waals surface area contributed by atoms with Crippen LogP contribution >= 0.6 is 11.6 Å². The van der Waals surface area contributed by atoms with Crippen LogP contribution in [0.15, 0.2) is 36.7 Å². The second-order valence-corrected chi connectivity index (χ2v) is 8.07. The number of nitrogens with zero attached hydrogens (tertiary/aromatic N) is 5. The molecule has 1 fully saturated rings. The van der Waals surface area contributed by atoms with Gasteiger partial charge < -0.3 is 19.7 Å². The Hall–Kier alpha value is -3.24. The third kappa shape index (κ3) is 5.23. The minimum Gasteiger partial charge on any atom is -0.462 e. The highest BCUT2D eigenvalue weighted by Crippen LogP contribution is 2.29. The minimum atomic E-state index is -1.06. The molecule has 3 heterocycles. The zero-order valence-electron chi connectivity index (χ0n) is 18.3. The van der Waals surface area contributed by atoms with Gasteiger partial charge >= 0.3 is 0 Å². The number of carbonyl (C=O) groups excluding carboxylic acids is 1. The lowest BCUT2D eigenvalue weighted by molar-refractivity contribution is 0.0299. The van der Waals surface area contributed by atoms with Crippen LogP contribution in [0, 0.1) is 0 Å². The first kappa shape index (κ1) is 22.9. The van der Waals surface area contributed by atoms with E-state index in [0.29, 0.717) is 48.4 Å². The molecule has 3 aromatic rings. The van der Waals surface area contributed by atoms with E-state index in [1.54, 1.807) is 23.1 Å². The van der Waals surface area contributed by atoms with Gasteiger partial charge in [-0.05, 0) is 32.0 Å². The molecule has 0 unspecified atom stereocenters. The summed E-state index contributed by atoms with van der Waals surface area (Å²) in [6.45, 7) is 4.87. The second kappa shape index (κ2) is 10.1. The lowest BCUT2D eigenvalue weighted by Crippen LogP contribution is -2.40. The van der Waals surface area contributed by atoms with Gasteiger partial charge in [-0.1, -0.05) is 11.6 Å². The summed E-state index contributed by atoms with van der Waals surface area (Å²) >= 11 is 6.30. The van der Waals surface area contributed by atoms with Gasteiger partial charge in [-0.25, -0.2) is 14.4 Å². The summed E-state index contributed by atoms with van der Waals surface area (Å²) in [6, 6.07) is 6.84. The summed E-state index contributed by atoms with van der Waals surface area (Å²) in [7, 11) is 0. The van der Waals surface area contributed by atoms with E-state index < -0.39 is 6.86 Å². The van der Waals surface area contributed by atoms with E-state index in [4.69, 9.17) is 21.1 Å². The van der Waals surface area contributed by atoms with E-state index in [2.05, 4.69) is 20.4 Å². The smallest absolute Gasteiger partial charge is 0.257 e. The summed E-state index contributed by atoms with van der Waals surface area (Å²) in [5.74, 6) is 0.162. The molecule has 11 heteroatoms. The number of alkyl halides is 1. The van der Waals surface area contributed by atoms with Gasteiger partial charge in [0.15, 0.2) is 0 Å². The minimum absolute atomic E-state index is 0.129. The number of rotatable bonds is 7. The molecule has 1 saturated heterocycles. The molecule has 1 aliphatic rings. The Morgan fingerprint density at radius 1 is 1.30 bits per heavy atom. The van der Waals surface area contributed by atoms with Crippen molar-refractivity contribution in [1.29, 1.82) is 0 Å². The Balaban J connectivity index is 1.58. The van der Waals surface area contributed by atoms with E-state index >= 15 is 0 Å². The first-order chi connectivity index (χ1) is 16.0. The zero-order chi connectivity index (χ0) is 23.4. The Kier molecular flexibility index (Phi) is 7.05.